The Morgan fingerprint density at radius 2 is 1.50 bits per heavy atom. The van der Waals surface area contributed by atoms with Gasteiger partial charge < -0.3 is 5.32 Å². The highest BCUT2D eigenvalue weighted by molar-refractivity contribution is 6.09. The van der Waals surface area contributed by atoms with Gasteiger partial charge in [-0.05, 0) is 62.1 Å². The highest BCUT2D eigenvalue weighted by atomic mass is 15.4. The second-order valence-electron chi connectivity index (χ2n) is 7.19. The molecule has 0 atom stereocenters. The molecule has 1 heterocycles. The van der Waals surface area contributed by atoms with Crippen LogP contribution in [0.2, 0.25) is 0 Å². The van der Waals surface area contributed by atoms with Crippen LogP contribution in [0.5, 0.6) is 0 Å². The van der Waals surface area contributed by atoms with Gasteiger partial charge in [0.15, 0.2) is 0 Å². The first kappa shape index (κ1) is 19.6. The molecule has 3 rings (SSSR count). The summed E-state index contributed by atoms with van der Waals surface area (Å²) in [5.41, 5.74) is 11.2. The monoisotopic (exact) mass is 372 g/mol. The van der Waals surface area contributed by atoms with E-state index in [0.717, 1.165) is 24.8 Å². The highest BCUT2D eigenvalue weighted by Gasteiger charge is 2.03. The second kappa shape index (κ2) is 9.18. The summed E-state index contributed by atoms with van der Waals surface area (Å²) in [5.74, 6) is 0.720. The molecule has 4 heteroatoms. The zero-order valence-corrected chi connectivity index (χ0v) is 17.1. The number of benzene rings is 2. The van der Waals surface area contributed by atoms with Gasteiger partial charge in [-0.3, -0.25) is 0 Å². The van der Waals surface area contributed by atoms with E-state index in [1.807, 2.05) is 12.2 Å². The first-order valence-corrected chi connectivity index (χ1v) is 9.64. The van der Waals surface area contributed by atoms with Crippen molar-refractivity contribution in [3.05, 3.63) is 81.9 Å². The van der Waals surface area contributed by atoms with Gasteiger partial charge in [0.1, 0.15) is 0 Å². The second-order valence-corrected chi connectivity index (χ2v) is 7.19. The molecular formula is C24H28N4. The zero-order valence-electron chi connectivity index (χ0n) is 17.1. The van der Waals surface area contributed by atoms with Crippen molar-refractivity contribution in [1.82, 2.24) is 10.7 Å². The normalized spacial score (nSPS) is 13.6. The highest BCUT2D eigenvalue weighted by Crippen LogP contribution is 2.14. The minimum atomic E-state index is 0.720. The SMILES string of the molecule is Cc1ccc(C)c(/C=C/C(/C=C/c2cc(C)ccc2C)=NNC2=NCCN2)c1. The van der Waals surface area contributed by atoms with Crippen LogP contribution < -0.4 is 10.7 Å². The van der Waals surface area contributed by atoms with Gasteiger partial charge in [0, 0.05) is 6.54 Å². The van der Waals surface area contributed by atoms with Gasteiger partial charge >= 0.3 is 0 Å². The molecule has 4 nitrogen and oxygen atoms in total. The molecule has 0 aromatic heterocycles. The maximum atomic E-state index is 4.54. The number of nitrogens with zero attached hydrogens (tertiary/aromatic N) is 2. The van der Waals surface area contributed by atoms with Gasteiger partial charge in [-0.15, -0.1) is 0 Å². The van der Waals surface area contributed by atoms with Gasteiger partial charge in [0.25, 0.3) is 0 Å². The average Bonchev–Trinajstić information content (AvgIpc) is 3.19. The molecule has 0 aliphatic carbocycles. The van der Waals surface area contributed by atoms with E-state index < -0.39 is 0 Å². The molecule has 0 unspecified atom stereocenters. The van der Waals surface area contributed by atoms with E-state index in [-0.39, 0.29) is 0 Å². The van der Waals surface area contributed by atoms with E-state index in [2.05, 4.69) is 97.1 Å². The van der Waals surface area contributed by atoms with E-state index in [1.165, 1.54) is 33.4 Å². The fraction of sp³-hybridized carbons (Fsp3) is 0.250. The molecule has 144 valence electrons. The van der Waals surface area contributed by atoms with E-state index in [4.69, 9.17) is 0 Å². The molecule has 0 radical (unpaired) electrons. The van der Waals surface area contributed by atoms with Crippen molar-refractivity contribution < 1.29 is 0 Å². The summed E-state index contributed by atoms with van der Waals surface area (Å²) in [5, 5.41) is 7.72. The molecule has 1 aliphatic heterocycles. The molecule has 0 saturated carbocycles. The Hall–Kier alpha value is -3.14. The summed E-state index contributed by atoms with van der Waals surface area (Å²) in [7, 11) is 0. The van der Waals surface area contributed by atoms with Gasteiger partial charge in [-0.25, -0.2) is 10.4 Å². The van der Waals surface area contributed by atoms with E-state index in [9.17, 15) is 0 Å². The number of hydrazone groups is 1. The molecule has 2 aromatic rings. The summed E-state index contributed by atoms with van der Waals surface area (Å²) in [4.78, 5) is 4.33. The van der Waals surface area contributed by atoms with Crippen molar-refractivity contribution >= 4 is 23.8 Å². The maximum Gasteiger partial charge on any atom is 0.212 e. The number of rotatable bonds is 5. The van der Waals surface area contributed by atoms with Crippen LogP contribution in [-0.2, 0) is 0 Å². The van der Waals surface area contributed by atoms with Gasteiger partial charge in [0.05, 0.1) is 12.3 Å². The first-order valence-electron chi connectivity index (χ1n) is 9.64. The fourth-order valence-electron chi connectivity index (χ4n) is 2.95. The quantitative estimate of drug-likeness (QED) is 0.597. The lowest BCUT2D eigenvalue weighted by molar-refractivity contribution is 0.918. The maximum absolute atomic E-state index is 4.54. The number of aryl methyl sites for hydroxylation is 4. The van der Waals surface area contributed by atoms with Crippen LogP contribution in [0.25, 0.3) is 12.2 Å². The predicted molar refractivity (Wildman–Crippen MR) is 121 cm³/mol. The molecule has 0 spiro atoms. The van der Waals surface area contributed by atoms with Crippen LogP contribution in [0.3, 0.4) is 0 Å². The summed E-state index contributed by atoms with van der Waals surface area (Å²) in [6.45, 7) is 10.1. The molecule has 1 aliphatic rings. The average molecular weight is 373 g/mol. The zero-order chi connectivity index (χ0) is 19.9. The number of hydrogen-bond donors (Lipinski definition) is 2. The van der Waals surface area contributed by atoms with Gasteiger partial charge in [0.2, 0.25) is 5.96 Å². The Labute approximate surface area is 167 Å². The molecule has 2 N–H and O–H groups in total. The van der Waals surface area contributed by atoms with Crippen LogP contribution >= 0.6 is 0 Å². The first-order chi connectivity index (χ1) is 13.5. The van der Waals surface area contributed by atoms with Crippen LogP contribution in [0.15, 0.2) is 58.6 Å². The smallest absolute Gasteiger partial charge is 0.212 e. The summed E-state index contributed by atoms with van der Waals surface area (Å²) >= 11 is 0. The summed E-state index contributed by atoms with van der Waals surface area (Å²) in [6.07, 6.45) is 8.29. The predicted octanol–water partition coefficient (Wildman–Crippen LogP) is 4.55. The minimum absolute atomic E-state index is 0.720. The third-order valence-corrected chi connectivity index (χ3v) is 4.70. The van der Waals surface area contributed by atoms with Gasteiger partial charge in [-0.2, -0.15) is 5.10 Å². The van der Waals surface area contributed by atoms with Crippen LogP contribution in [0, 0.1) is 27.7 Å². The Morgan fingerprint density at radius 3 is 2.00 bits per heavy atom. The van der Waals surface area contributed by atoms with Gasteiger partial charge in [-0.1, -0.05) is 59.7 Å². The number of guanidine groups is 1. The Kier molecular flexibility index (Phi) is 6.43. The van der Waals surface area contributed by atoms with Crippen molar-refractivity contribution in [3.8, 4) is 0 Å². The molecular weight excluding hydrogens is 344 g/mol. The third kappa shape index (κ3) is 5.43. The number of allylic oxidation sites excluding steroid dienone is 2. The largest absolute Gasteiger partial charge is 0.353 e. The number of nitrogens with one attached hydrogen (secondary N) is 2. The molecule has 0 amide bonds. The molecule has 0 fully saturated rings. The Balaban J connectivity index is 1.87. The number of hydrogen-bond acceptors (Lipinski definition) is 4. The van der Waals surface area contributed by atoms with E-state index >= 15 is 0 Å². The summed E-state index contributed by atoms with van der Waals surface area (Å²) in [6, 6.07) is 12.9. The van der Waals surface area contributed by atoms with Crippen molar-refractivity contribution in [2.45, 2.75) is 27.7 Å². The van der Waals surface area contributed by atoms with Crippen LogP contribution in [-0.4, -0.2) is 24.8 Å². The summed E-state index contributed by atoms with van der Waals surface area (Å²) < 4.78 is 0. The molecule has 2 aromatic carbocycles. The standard InChI is InChI=1S/C24H28N4/c1-17-5-7-19(3)21(15-17)9-11-23(27-28-24-25-13-14-26-24)12-10-22-16-18(2)6-8-20(22)4/h5-12,15-16H,13-14H2,1-4H3,(H2,25,26,28)/b11-9+,12-10+. The van der Waals surface area contributed by atoms with E-state index in [0.29, 0.717) is 0 Å². The minimum Gasteiger partial charge on any atom is -0.353 e. The fourth-order valence-corrected chi connectivity index (χ4v) is 2.95. The lowest BCUT2D eigenvalue weighted by atomic mass is 10.0. The van der Waals surface area contributed by atoms with Crippen molar-refractivity contribution in [2.24, 2.45) is 10.1 Å². The molecule has 28 heavy (non-hydrogen) atoms. The molecule has 0 saturated heterocycles. The Bertz CT molecular complexity index is 901. The van der Waals surface area contributed by atoms with Crippen molar-refractivity contribution in [3.63, 3.8) is 0 Å². The lowest BCUT2D eigenvalue weighted by Gasteiger charge is -2.04. The van der Waals surface area contributed by atoms with Crippen molar-refractivity contribution in [1.29, 1.82) is 0 Å². The topological polar surface area (TPSA) is 48.8 Å². The Morgan fingerprint density at radius 1 is 0.929 bits per heavy atom. The molecule has 0 bridgehead atoms. The van der Waals surface area contributed by atoms with Crippen LogP contribution in [0.4, 0.5) is 0 Å². The van der Waals surface area contributed by atoms with Crippen molar-refractivity contribution in [2.75, 3.05) is 13.1 Å². The lowest BCUT2D eigenvalue weighted by Crippen LogP contribution is -2.30. The van der Waals surface area contributed by atoms with E-state index in [1.54, 1.807) is 0 Å². The third-order valence-electron chi connectivity index (χ3n) is 4.70. The van der Waals surface area contributed by atoms with Crippen LogP contribution in [0.1, 0.15) is 33.4 Å². The number of aliphatic imine (C=N–C) groups is 1.